The number of carbonyl (C=O) groups excluding carboxylic acids is 3. The average Bonchev–Trinajstić information content (AvgIpc) is 2.17. The van der Waals surface area contributed by atoms with E-state index in [4.69, 9.17) is 0 Å². The summed E-state index contributed by atoms with van der Waals surface area (Å²) in [4.78, 5) is 35.7. The molecule has 1 atom stereocenters. The molecule has 0 bridgehead atoms. The van der Waals surface area contributed by atoms with Crippen molar-refractivity contribution in [2.24, 2.45) is 5.41 Å². The maximum atomic E-state index is 11.7. The Morgan fingerprint density at radius 3 is 2.44 bits per heavy atom. The van der Waals surface area contributed by atoms with Gasteiger partial charge in [-0.1, -0.05) is 20.8 Å². The summed E-state index contributed by atoms with van der Waals surface area (Å²) in [5, 5.41) is 2.68. The van der Waals surface area contributed by atoms with Crippen LogP contribution in [0.2, 0.25) is 0 Å². The van der Waals surface area contributed by atoms with Crippen molar-refractivity contribution >= 4 is 17.7 Å². The predicted octanol–water partition coefficient (Wildman–Crippen LogP) is 0.296. The molecule has 1 aliphatic rings. The van der Waals surface area contributed by atoms with Gasteiger partial charge in [0.25, 0.3) is 5.91 Å². The van der Waals surface area contributed by atoms with Gasteiger partial charge >= 0.3 is 0 Å². The van der Waals surface area contributed by atoms with Gasteiger partial charge in [0, 0.05) is 18.9 Å². The molecule has 0 aromatic rings. The fourth-order valence-corrected chi connectivity index (χ4v) is 1.42. The van der Waals surface area contributed by atoms with E-state index in [1.54, 1.807) is 20.8 Å². The Labute approximate surface area is 95.2 Å². The first-order valence-corrected chi connectivity index (χ1v) is 5.35. The van der Waals surface area contributed by atoms with Crippen LogP contribution in [0.25, 0.3) is 0 Å². The second-order valence-electron chi connectivity index (χ2n) is 5.11. The molecule has 1 heterocycles. The highest BCUT2D eigenvalue weighted by molar-refractivity contribution is 6.01. The van der Waals surface area contributed by atoms with E-state index in [0.29, 0.717) is 12.8 Å². The Morgan fingerprint density at radius 2 is 1.94 bits per heavy atom. The number of rotatable bonds is 1. The van der Waals surface area contributed by atoms with E-state index < -0.39 is 11.5 Å². The number of likely N-dealkylation sites (tertiary alicyclic amines) is 1. The van der Waals surface area contributed by atoms with Crippen molar-refractivity contribution in [3.05, 3.63) is 0 Å². The summed E-state index contributed by atoms with van der Waals surface area (Å²) >= 11 is 0. The third kappa shape index (κ3) is 2.59. The molecule has 1 saturated heterocycles. The molecular weight excluding hydrogens is 208 g/mol. The summed E-state index contributed by atoms with van der Waals surface area (Å²) in [6.07, 6.45) is 0.696. The highest BCUT2D eigenvalue weighted by Crippen LogP contribution is 2.16. The quantitative estimate of drug-likeness (QED) is 0.654. The number of piperidine rings is 1. The number of hydrogen-bond acceptors (Lipinski definition) is 3. The van der Waals surface area contributed by atoms with Gasteiger partial charge in [-0.3, -0.25) is 19.3 Å². The molecule has 0 spiro atoms. The Hall–Kier alpha value is -1.39. The summed E-state index contributed by atoms with van der Waals surface area (Å²) in [6.45, 7) is 5.35. The van der Waals surface area contributed by atoms with Crippen LogP contribution < -0.4 is 5.32 Å². The first-order chi connectivity index (χ1) is 7.23. The maximum Gasteiger partial charge on any atom is 0.251 e. The lowest BCUT2D eigenvalue weighted by molar-refractivity contribution is -0.150. The zero-order valence-electron chi connectivity index (χ0n) is 10.2. The van der Waals surface area contributed by atoms with Gasteiger partial charge in [-0.2, -0.15) is 0 Å². The number of hydrogen-bond donors (Lipinski definition) is 1. The number of nitrogens with one attached hydrogen (secondary N) is 1. The van der Waals surface area contributed by atoms with Crippen LogP contribution in [0.1, 0.15) is 33.6 Å². The minimum absolute atomic E-state index is 0.173. The van der Waals surface area contributed by atoms with Crippen LogP contribution in [-0.2, 0) is 14.4 Å². The Balaban J connectivity index is 2.66. The average molecular weight is 226 g/mol. The van der Waals surface area contributed by atoms with Gasteiger partial charge in [0.2, 0.25) is 11.8 Å². The van der Waals surface area contributed by atoms with E-state index in [0.717, 1.165) is 4.90 Å². The second-order valence-corrected chi connectivity index (χ2v) is 5.11. The monoisotopic (exact) mass is 226 g/mol. The van der Waals surface area contributed by atoms with E-state index in [9.17, 15) is 14.4 Å². The minimum Gasteiger partial charge on any atom is -0.344 e. The number of carbonyl (C=O) groups is 3. The lowest BCUT2D eigenvalue weighted by Gasteiger charge is -2.30. The van der Waals surface area contributed by atoms with E-state index in [-0.39, 0.29) is 17.7 Å². The Kier molecular flexibility index (Phi) is 3.35. The molecule has 0 aromatic carbocycles. The molecule has 0 radical (unpaired) electrons. The van der Waals surface area contributed by atoms with E-state index >= 15 is 0 Å². The molecule has 3 amide bonds. The van der Waals surface area contributed by atoms with E-state index in [1.807, 2.05) is 0 Å². The molecular formula is C11H18N2O3. The fraction of sp³-hybridized carbons (Fsp3) is 0.727. The SMILES string of the molecule is CN1C(=O)CCC(NC(=O)C(C)(C)C)C1=O. The van der Waals surface area contributed by atoms with Gasteiger partial charge in [-0.15, -0.1) is 0 Å². The molecule has 1 aliphatic heterocycles. The van der Waals surface area contributed by atoms with Gasteiger partial charge in [-0.25, -0.2) is 0 Å². The van der Waals surface area contributed by atoms with Gasteiger partial charge in [0.15, 0.2) is 0 Å². The summed E-state index contributed by atoms with van der Waals surface area (Å²) in [5.74, 6) is -0.686. The van der Waals surface area contributed by atoms with Gasteiger partial charge < -0.3 is 5.32 Å². The number of likely N-dealkylation sites (N-methyl/N-ethyl adjacent to an activating group) is 1. The zero-order chi connectivity index (χ0) is 12.5. The minimum atomic E-state index is -0.561. The molecule has 0 saturated carbocycles. The summed E-state index contributed by atoms with van der Waals surface area (Å²) in [7, 11) is 1.44. The molecule has 0 aliphatic carbocycles. The van der Waals surface area contributed by atoms with Crippen molar-refractivity contribution in [3.63, 3.8) is 0 Å². The highest BCUT2D eigenvalue weighted by atomic mass is 16.2. The smallest absolute Gasteiger partial charge is 0.251 e. The maximum absolute atomic E-state index is 11.7. The molecule has 1 fully saturated rings. The van der Waals surface area contributed by atoms with E-state index in [2.05, 4.69) is 5.32 Å². The Bertz CT molecular complexity index is 331. The third-order valence-electron chi connectivity index (χ3n) is 2.64. The van der Waals surface area contributed by atoms with Gasteiger partial charge in [0.1, 0.15) is 6.04 Å². The van der Waals surface area contributed by atoms with Crippen molar-refractivity contribution in [2.75, 3.05) is 7.05 Å². The van der Waals surface area contributed by atoms with Crippen LogP contribution in [-0.4, -0.2) is 35.7 Å². The number of amides is 3. The molecule has 1 rings (SSSR count). The van der Waals surface area contributed by atoms with Crippen molar-refractivity contribution in [2.45, 2.75) is 39.7 Å². The van der Waals surface area contributed by atoms with Crippen molar-refractivity contribution in [1.29, 1.82) is 0 Å². The first kappa shape index (κ1) is 12.7. The summed E-state index contributed by atoms with van der Waals surface area (Å²) in [5.41, 5.74) is -0.527. The third-order valence-corrected chi connectivity index (χ3v) is 2.64. The van der Waals surface area contributed by atoms with Crippen molar-refractivity contribution < 1.29 is 14.4 Å². The van der Waals surface area contributed by atoms with Crippen LogP contribution in [0.15, 0.2) is 0 Å². The van der Waals surface area contributed by atoms with Gasteiger partial charge in [0.05, 0.1) is 0 Å². The normalized spacial score (nSPS) is 22.2. The fourth-order valence-electron chi connectivity index (χ4n) is 1.42. The largest absolute Gasteiger partial charge is 0.344 e. The molecule has 16 heavy (non-hydrogen) atoms. The van der Waals surface area contributed by atoms with Crippen LogP contribution >= 0.6 is 0 Å². The zero-order valence-corrected chi connectivity index (χ0v) is 10.2. The van der Waals surface area contributed by atoms with E-state index in [1.165, 1.54) is 7.05 Å². The molecule has 0 aromatic heterocycles. The van der Waals surface area contributed by atoms with Crippen LogP contribution in [0.3, 0.4) is 0 Å². The van der Waals surface area contributed by atoms with Crippen molar-refractivity contribution in [3.8, 4) is 0 Å². The lowest BCUT2D eigenvalue weighted by Crippen LogP contribution is -2.54. The molecule has 90 valence electrons. The highest BCUT2D eigenvalue weighted by Gasteiger charge is 2.34. The van der Waals surface area contributed by atoms with Gasteiger partial charge in [-0.05, 0) is 6.42 Å². The predicted molar refractivity (Wildman–Crippen MR) is 58.4 cm³/mol. The standard InChI is InChI=1S/C11H18N2O3/c1-11(2,3)10(16)12-7-5-6-8(14)13(4)9(7)15/h7H,5-6H2,1-4H3,(H,12,16). The number of imide groups is 1. The lowest BCUT2D eigenvalue weighted by atomic mass is 9.94. The molecule has 5 nitrogen and oxygen atoms in total. The van der Waals surface area contributed by atoms with Crippen LogP contribution in [0, 0.1) is 5.41 Å². The Morgan fingerprint density at radius 1 is 1.38 bits per heavy atom. The molecule has 1 unspecified atom stereocenters. The second kappa shape index (κ2) is 4.23. The van der Waals surface area contributed by atoms with Crippen LogP contribution in [0.4, 0.5) is 0 Å². The number of nitrogens with zero attached hydrogens (tertiary/aromatic N) is 1. The summed E-state index contributed by atoms with van der Waals surface area (Å²) < 4.78 is 0. The molecule has 5 heteroatoms. The molecule has 1 N–H and O–H groups in total. The topological polar surface area (TPSA) is 66.5 Å². The van der Waals surface area contributed by atoms with Crippen molar-refractivity contribution in [1.82, 2.24) is 10.2 Å². The first-order valence-electron chi connectivity index (χ1n) is 5.35. The summed E-state index contributed by atoms with van der Waals surface area (Å²) in [6, 6.07) is -0.561. The van der Waals surface area contributed by atoms with Crippen LogP contribution in [0.5, 0.6) is 0 Å².